The number of hydrogen-bond donors (Lipinski definition) is 1. The SMILES string of the molecule is C/C(=N\NC(=O)Cc1ccc([N+](=O)[O-])cc1)c1ccc2c(c1)OCO2. The standard InChI is InChI=1S/C17H15N3O5/c1-11(13-4-7-15-16(9-13)25-10-24-15)18-19-17(21)8-12-2-5-14(6-3-12)20(22)23/h2-7,9H,8,10H2,1H3,(H,19,21)/b18-11+. The Morgan fingerprint density at radius 2 is 1.92 bits per heavy atom. The van der Waals surface area contributed by atoms with E-state index in [2.05, 4.69) is 10.5 Å². The molecule has 0 saturated heterocycles. The minimum Gasteiger partial charge on any atom is -0.454 e. The molecule has 1 amide bonds. The first-order chi connectivity index (χ1) is 12.0. The van der Waals surface area contributed by atoms with Crippen LogP contribution >= 0.6 is 0 Å². The van der Waals surface area contributed by atoms with E-state index in [9.17, 15) is 14.9 Å². The molecule has 0 saturated carbocycles. The number of fused-ring (bicyclic) bond motifs is 1. The molecule has 3 rings (SSSR count). The molecule has 1 N–H and O–H groups in total. The van der Waals surface area contributed by atoms with Crippen LogP contribution in [0.1, 0.15) is 18.1 Å². The zero-order valence-electron chi connectivity index (χ0n) is 13.4. The van der Waals surface area contributed by atoms with Gasteiger partial charge in [-0.15, -0.1) is 0 Å². The first-order valence-electron chi connectivity index (χ1n) is 7.49. The van der Waals surface area contributed by atoms with Gasteiger partial charge in [0.2, 0.25) is 12.7 Å². The average Bonchev–Trinajstić information content (AvgIpc) is 3.07. The third kappa shape index (κ3) is 3.92. The number of hydrazone groups is 1. The van der Waals surface area contributed by atoms with Gasteiger partial charge in [-0.1, -0.05) is 12.1 Å². The summed E-state index contributed by atoms with van der Waals surface area (Å²) < 4.78 is 10.6. The van der Waals surface area contributed by atoms with Gasteiger partial charge < -0.3 is 9.47 Å². The Bertz CT molecular complexity index is 846. The summed E-state index contributed by atoms with van der Waals surface area (Å²) in [5, 5.41) is 14.7. The van der Waals surface area contributed by atoms with Crippen LogP contribution in [-0.2, 0) is 11.2 Å². The number of nitrogens with zero attached hydrogens (tertiary/aromatic N) is 2. The van der Waals surface area contributed by atoms with E-state index in [-0.39, 0.29) is 24.8 Å². The molecule has 2 aromatic carbocycles. The van der Waals surface area contributed by atoms with Crippen molar-refractivity contribution in [3.8, 4) is 11.5 Å². The summed E-state index contributed by atoms with van der Waals surface area (Å²) in [5.41, 5.74) is 4.56. The molecule has 25 heavy (non-hydrogen) atoms. The highest BCUT2D eigenvalue weighted by Crippen LogP contribution is 2.32. The van der Waals surface area contributed by atoms with E-state index in [1.807, 2.05) is 6.07 Å². The Morgan fingerprint density at radius 3 is 2.64 bits per heavy atom. The number of carbonyl (C=O) groups excluding carboxylic acids is 1. The summed E-state index contributed by atoms with van der Waals surface area (Å²) in [6.45, 7) is 1.96. The molecule has 8 nitrogen and oxygen atoms in total. The zero-order valence-corrected chi connectivity index (χ0v) is 13.4. The second-order valence-electron chi connectivity index (χ2n) is 5.40. The average molecular weight is 341 g/mol. The van der Waals surface area contributed by atoms with Crippen LogP contribution in [-0.4, -0.2) is 23.3 Å². The second kappa shape index (κ2) is 7.00. The predicted octanol–water partition coefficient (Wildman–Crippen LogP) is 2.41. The molecule has 128 valence electrons. The van der Waals surface area contributed by atoms with Crippen molar-refractivity contribution >= 4 is 17.3 Å². The molecule has 0 atom stereocenters. The maximum absolute atomic E-state index is 12.0. The fourth-order valence-corrected chi connectivity index (χ4v) is 2.29. The highest BCUT2D eigenvalue weighted by molar-refractivity contribution is 5.99. The molecule has 1 heterocycles. The van der Waals surface area contributed by atoms with E-state index in [0.717, 1.165) is 5.56 Å². The van der Waals surface area contributed by atoms with Crippen molar-refractivity contribution in [3.63, 3.8) is 0 Å². The lowest BCUT2D eigenvalue weighted by Crippen LogP contribution is -2.21. The number of hydrogen-bond acceptors (Lipinski definition) is 6. The van der Waals surface area contributed by atoms with Gasteiger partial charge in [0.05, 0.1) is 17.1 Å². The maximum Gasteiger partial charge on any atom is 0.269 e. The monoisotopic (exact) mass is 341 g/mol. The molecule has 1 aliphatic heterocycles. The third-order valence-corrected chi connectivity index (χ3v) is 3.65. The van der Waals surface area contributed by atoms with Crippen molar-refractivity contribution in [1.82, 2.24) is 5.43 Å². The molecule has 0 spiro atoms. The van der Waals surface area contributed by atoms with Gasteiger partial charge in [0.25, 0.3) is 5.69 Å². The molecule has 2 aromatic rings. The van der Waals surface area contributed by atoms with Gasteiger partial charge in [-0.05, 0) is 30.7 Å². The lowest BCUT2D eigenvalue weighted by molar-refractivity contribution is -0.384. The van der Waals surface area contributed by atoms with Gasteiger partial charge in [-0.25, -0.2) is 5.43 Å². The Kier molecular flexibility index (Phi) is 4.60. The summed E-state index contributed by atoms with van der Waals surface area (Å²) in [6, 6.07) is 11.2. The highest BCUT2D eigenvalue weighted by atomic mass is 16.7. The smallest absolute Gasteiger partial charge is 0.269 e. The van der Waals surface area contributed by atoms with Crippen molar-refractivity contribution in [1.29, 1.82) is 0 Å². The van der Waals surface area contributed by atoms with E-state index in [0.29, 0.717) is 22.8 Å². The van der Waals surface area contributed by atoms with Crippen LogP contribution in [0, 0.1) is 10.1 Å². The maximum atomic E-state index is 12.0. The number of nitro groups is 1. The topological polar surface area (TPSA) is 103 Å². The summed E-state index contributed by atoms with van der Waals surface area (Å²) in [5.74, 6) is 1.01. The molecule has 0 fully saturated rings. The van der Waals surface area contributed by atoms with Crippen molar-refractivity contribution in [2.75, 3.05) is 6.79 Å². The lowest BCUT2D eigenvalue weighted by Gasteiger charge is -2.04. The number of amides is 1. The fraction of sp³-hybridized carbons (Fsp3) is 0.176. The van der Waals surface area contributed by atoms with E-state index in [1.165, 1.54) is 12.1 Å². The van der Waals surface area contributed by atoms with Crippen LogP contribution in [0.3, 0.4) is 0 Å². The van der Waals surface area contributed by atoms with E-state index in [4.69, 9.17) is 9.47 Å². The molecule has 0 aromatic heterocycles. The minimum absolute atomic E-state index is 0.0131. The third-order valence-electron chi connectivity index (χ3n) is 3.65. The summed E-state index contributed by atoms with van der Waals surface area (Å²) in [7, 11) is 0. The van der Waals surface area contributed by atoms with E-state index < -0.39 is 4.92 Å². The molecular formula is C17H15N3O5. The molecule has 8 heteroatoms. The van der Waals surface area contributed by atoms with Gasteiger partial charge >= 0.3 is 0 Å². The second-order valence-corrected chi connectivity index (χ2v) is 5.40. The molecule has 0 unspecified atom stereocenters. The summed E-state index contributed by atoms with van der Waals surface area (Å²) >= 11 is 0. The first-order valence-corrected chi connectivity index (χ1v) is 7.49. The minimum atomic E-state index is -0.483. The fourth-order valence-electron chi connectivity index (χ4n) is 2.29. The van der Waals surface area contributed by atoms with Gasteiger partial charge in [0, 0.05) is 17.7 Å². The summed E-state index contributed by atoms with van der Waals surface area (Å²) in [6.07, 6.45) is 0.0793. The molecular weight excluding hydrogens is 326 g/mol. The number of nitro benzene ring substituents is 1. The van der Waals surface area contributed by atoms with E-state index in [1.54, 1.807) is 31.2 Å². The number of carbonyl (C=O) groups is 1. The van der Waals surface area contributed by atoms with Gasteiger partial charge in [-0.2, -0.15) is 5.10 Å². The molecule has 1 aliphatic rings. The Hall–Kier alpha value is -3.42. The van der Waals surface area contributed by atoms with Crippen LogP contribution < -0.4 is 14.9 Å². The van der Waals surface area contributed by atoms with Gasteiger partial charge in [0.15, 0.2) is 11.5 Å². The number of non-ortho nitro benzene ring substituents is 1. The largest absolute Gasteiger partial charge is 0.454 e. The number of nitrogens with one attached hydrogen (secondary N) is 1. The Balaban J connectivity index is 1.60. The first kappa shape index (κ1) is 16.4. The Labute approximate surface area is 143 Å². The van der Waals surface area contributed by atoms with Crippen molar-refractivity contribution in [2.24, 2.45) is 5.10 Å². The lowest BCUT2D eigenvalue weighted by atomic mass is 10.1. The van der Waals surface area contributed by atoms with Crippen LogP contribution in [0.4, 0.5) is 5.69 Å². The Morgan fingerprint density at radius 1 is 1.20 bits per heavy atom. The van der Waals surface area contributed by atoms with Crippen molar-refractivity contribution in [3.05, 3.63) is 63.7 Å². The molecule has 0 bridgehead atoms. The number of rotatable bonds is 5. The van der Waals surface area contributed by atoms with Crippen LogP contribution in [0.2, 0.25) is 0 Å². The quantitative estimate of drug-likeness (QED) is 0.511. The molecule has 0 aliphatic carbocycles. The van der Waals surface area contributed by atoms with Crippen LogP contribution in [0.25, 0.3) is 0 Å². The van der Waals surface area contributed by atoms with Crippen molar-refractivity contribution in [2.45, 2.75) is 13.3 Å². The van der Waals surface area contributed by atoms with Crippen LogP contribution in [0.15, 0.2) is 47.6 Å². The zero-order chi connectivity index (χ0) is 17.8. The summed E-state index contributed by atoms with van der Waals surface area (Å²) in [4.78, 5) is 22.1. The normalized spacial score (nSPS) is 12.8. The number of benzene rings is 2. The van der Waals surface area contributed by atoms with Gasteiger partial charge in [0.1, 0.15) is 0 Å². The van der Waals surface area contributed by atoms with Crippen LogP contribution in [0.5, 0.6) is 11.5 Å². The number of ether oxygens (including phenoxy) is 2. The van der Waals surface area contributed by atoms with Crippen molar-refractivity contribution < 1.29 is 19.2 Å². The van der Waals surface area contributed by atoms with Gasteiger partial charge in [-0.3, -0.25) is 14.9 Å². The van der Waals surface area contributed by atoms with E-state index >= 15 is 0 Å². The molecule has 0 radical (unpaired) electrons. The predicted molar refractivity (Wildman–Crippen MR) is 89.7 cm³/mol. The highest BCUT2D eigenvalue weighted by Gasteiger charge is 2.14.